The predicted octanol–water partition coefficient (Wildman–Crippen LogP) is 0.978. The lowest BCUT2D eigenvalue weighted by Crippen LogP contribution is -2.39. The lowest BCUT2D eigenvalue weighted by Gasteiger charge is -2.31. The molecule has 3 amide bonds. The van der Waals surface area contributed by atoms with Crippen LogP contribution in [0.4, 0.5) is 10.5 Å². The number of hydrogen-bond acceptors (Lipinski definition) is 7. The molecule has 2 aliphatic heterocycles. The van der Waals surface area contributed by atoms with Crippen molar-refractivity contribution < 1.29 is 24.2 Å². The third kappa shape index (κ3) is 7.10. The van der Waals surface area contributed by atoms with Crippen LogP contribution in [-0.4, -0.2) is 71.6 Å². The molecule has 0 spiro atoms. The van der Waals surface area contributed by atoms with Crippen molar-refractivity contribution in [2.75, 3.05) is 38.0 Å². The molecule has 10 heteroatoms. The maximum Gasteiger partial charge on any atom is 0.404 e. The molecule has 0 unspecified atom stereocenters. The maximum absolute atomic E-state index is 12.3. The van der Waals surface area contributed by atoms with Gasteiger partial charge in [0.25, 0.3) is 0 Å². The molecule has 1 aromatic carbocycles. The summed E-state index contributed by atoms with van der Waals surface area (Å²) in [4.78, 5) is 38.8. The third-order valence-corrected chi connectivity index (χ3v) is 6.23. The van der Waals surface area contributed by atoms with E-state index >= 15 is 0 Å². The Morgan fingerprint density at radius 2 is 1.69 bits per heavy atom. The number of likely N-dealkylation sites (tertiary alicyclic amines) is 2. The SMILES string of the molecule is NC(=O)OC1CCN(CCC(=O)Nc2ccc(CN3CCC(C(N)=O)CC3)c(O)c2)CC1. The van der Waals surface area contributed by atoms with E-state index in [-0.39, 0.29) is 29.6 Å². The van der Waals surface area contributed by atoms with Crippen LogP contribution in [-0.2, 0) is 20.9 Å². The van der Waals surface area contributed by atoms with E-state index in [0.29, 0.717) is 38.0 Å². The standard InChI is InChI=1S/C22H33N5O5/c23-21(30)15-3-8-27(9-4-15)14-16-1-2-17(13-19(16)28)25-20(29)7-12-26-10-5-18(6-11-26)32-22(24)31/h1-2,13,15,18,28H,3-12,14H2,(H2,23,30)(H2,24,31)(H,25,29). The van der Waals surface area contributed by atoms with Crippen LogP contribution in [0.25, 0.3) is 0 Å². The van der Waals surface area contributed by atoms with Crippen LogP contribution >= 0.6 is 0 Å². The minimum absolute atomic E-state index is 0.0627. The van der Waals surface area contributed by atoms with Gasteiger partial charge in [0.15, 0.2) is 0 Å². The Balaban J connectivity index is 1.40. The number of nitrogens with zero attached hydrogens (tertiary/aromatic N) is 2. The number of primary amides is 2. The summed E-state index contributed by atoms with van der Waals surface area (Å²) in [6.45, 7) is 4.21. The van der Waals surface area contributed by atoms with Gasteiger partial charge in [-0.05, 0) is 44.8 Å². The van der Waals surface area contributed by atoms with Gasteiger partial charge in [-0.2, -0.15) is 0 Å². The number of amides is 3. The number of benzene rings is 1. The second-order valence-corrected chi connectivity index (χ2v) is 8.57. The molecule has 1 aromatic rings. The Morgan fingerprint density at radius 3 is 2.28 bits per heavy atom. The molecule has 0 bridgehead atoms. The summed E-state index contributed by atoms with van der Waals surface area (Å²) in [6.07, 6.45) is 2.33. The zero-order valence-corrected chi connectivity index (χ0v) is 18.3. The molecule has 0 radical (unpaired) electrons. The number of anilines is 1. The topological polar surface area (TPSA) is 151 Å². The lowest BCUT2D eigenvalue weighted by atomic mass is 9.96. The van der Waals surface area contributed by atoms with Gasteiger partial charge in [-0.3, -0.25) is 14.5 Å². The highest BCUT2D eigenvalue weighted by Crippen LogP contribution is 2.26. The molecule has 2 heterocycles. The average molecular weight is 448 g/mol. The van der Waals surface area contributed by atoms with Gasteiger partial charge in [0.2, 0.25) is 11.8 Å². The lowest BCUT2D eigenvalue weighted by molar-refractivity contribution is -0.123. The van der Waals surface area contributed by atoms with Crippen molar-refractivity contribution in [3.63, 3.8) is 0 Å². The van der Waals surface area contributed by atoms with Crippen molar-refractivity contribution in [1.82, 2.24) is 9.80 Å². The van der Waals surface area contributed by atoms with Crippen LogP contribution in [0.5, 0.6) is 5.75 Å². The van der Waals surface area contributed by atoms with Gasteiger partial charge in [0.1, 0.15) is 11.9 Å². The van der Waals surface area contributed by atoms with Gasteiger partial charge < -0.3 is 31.5 Å². The van der Waals surface area contributed by atoms with Crippen molar-refractivity contribution in [2.24, 2.45) is 17.4 Å². The average Bonchev–Trinajstić information content (AvgIpc) is 2.75. The zero-order valence-electron chi connectivity index (χ0n) is 18.3. The summed E-state index contributed by atoms with van der Waals surface area (Å²) >= 11 is 0. The number of carbonyl (C=O) groups excluding carboxylic acids is 3. The van der Waals surface area contributed by atoms with Crippen molar-refractivity contribution in [3.05, 3.63) is 23.8 Å². The van der Waals surface area contributed by atoms with E-state index in [2.05, 4.69) is 15.1 Å². The Hall–Kier alpha value is -2.85. The van der Waals surface area contributed by atoms with E-state index in [9.17, 15) is 19.5 Å². The smallest absolute Gasteiger partial charge is 0.404 e. The fourth-order valence-corrected chi connectivity index (χ4v) is 4.29. The monoisotopic (exact) mass is 447 g/mol. The number of phenolic OH excluding ortho intramolecular Hbond substituents is 1. The molecule has 6 N–H and O–H groups in total. The highest BCUT2D eigenvalue weighted by atomic mass is 16.6. The molecule has 32 heavy (non-hydrogen) atoms. The highest BCUT2D eigenvalue weighted by Gasteiger charge is 2.24. The second kappa shape index (κ2) is 11.1. The molecular formula is C22H33N5O5. The highest BCUT2D eigenvalue weighted by molar-refractivity contribution is 5.91. The number of nitrogens with two attached hydrogens (primary N) is 2. The first-order valence-electron chi connectivity index (χ1n) is 11.1. The second-order valence-electron chi connectivity index (χ2n) is 8.57. The van der Waals surface area contributed by atoms with Gasteiger partial charge in [0, 0.05) is 55.8 Å². The molecule has 10 nitrogen and oxygen atoms in total. The molecule has 2 saturated heterocycles. The molecule has 2 fully saturated rings. The number of carbonyl (C=O) groups is 3. The Kier molecular flexibility index (Phi) is 8.29. The van der Waals surface area contributed by atoms with Crippen LogP contribution in [0.15, 0.2) is 18.2 Å². The van der Waals surface area contributed by atoms with Crippen molar-refractivity contribution >= 4 is 23.6 Å². The first kappa shape index (κ1) is 23.8. The molecule has 0 atom stereocenters. The quantitative estimate of drug-likeness (QED) is 0.463. The van der Waals surface area contributed by atoms with E-state index in [4.69, 9.17) is 16.2 Å². The van der Waals surface area contributed by atoms with E-state index in [1.807, 2.05) is 6.07 Å². The normalized spacial score (nSPS) is 18.9. The first-order valence-corrected chi connectivity index (χ1v) is 11.1. The minimum Gasteiger partial charge on any atom is -0.508 e. The number of hydrogen-bond donors (Lipinski definition) is 4. The number of ether oxygens (including phenoxy) is 1. The van der Waals surface area contributed by atoms with Crippen LogP contribution in [0.2, 0.25) is 0 Å². The van der Waals surface area contributed by atoms with Crippen LogP contribution in [0.3, 0.4) is 0 Å². The van der Waals surface area contributed by atoms with Crippen molar-refractivity contribution in [3.8, 4) is 5.75 Å². The summed E-state index contributed by atoms with van der Waals surface area (Å²) in [5, 5.41) is 13.2. The van der Waals surface area contributed by atoms with Crippen LogP contribution in [0.1, 0.15) is 37.7 Å². The van der Waals surface area contributed by atoms with E-state index in [1.54, 1.807) is 12.1 Å². The molecule has 176 valence electrons. The Bertz CT molecular complexity index is 817. The van der Waals surface area contributed by atoms with Crippen molar-refractivity contribution in [1.29, 1.82) is 0 Å². The van der Waals surface area contributed by atoms with Crippen molar-refractivity contribution in [2.45, 2.75) is 44.8 Å². The fourth-order valence-electron chi connectivity index (χ4n) is 4.29. The molecule has 0 aromatic heterocycles. The molecule has 0 aliphatic carbocycles. The van der Waals surface area contributed by atoms with Crippen LogP contribution < -0.4 is 16.8 Å². The number of phenols is 1. The molecular weight excluding hydrogens is 414 g/mol. The summed E-state index contributed by atoms with van der Waals surface area (Å²) in [6, 6.07) is 5.17. The van der Waals surface area contributed by atoms with E-state index in [0.717, 1.165) is 44.6 Å². The number of aromatic hydroxyl groups is 1. The first-order chi connectivity index (χ1) is 15.3. The zero-order chi connectivity index (χ0) is 23.1. The van der Waals surface area contributed by atoms with Gasteiger partial charge in [-0.25, -0.2) is 4.79 Å². The van der Waals surface area contributed by atoms with E-state index < -0.39 is 6.09 Å². The number of nitrogens with one attached hydrogen (secondary N) is 1. The van der Waals surface area contributed by atoms with Gasteiger partial charge in [-0.15, -0.1) is 0 Å². The van der Waals surface area contributed by atoms with E-state index in [1.165, 1.54) is 0 Å². The Labute approximate surface area is 187 Å². The van der Waals surface area contributed by atoms with Gasteiger partial charge >= 0.3 is 6.09 Å². The third-order valence-electron chi connectivity index (χ3n) is 6.23. The molecule has 3 rings (SSSR count). The number of rotatable bonds is 8. The summed E-state index contributed by atoms with van der Waals surface area (Å²) in [5.74, 6) is -0.293. The van der Waals surface area contributed by atoms with Gasteiger partial charge in [0.05, 0.1) is 0 Å². The predicted molar refractivity (Wildman–Crippen MR) is 119 cm³/mol. The largest absolute Gasteiger partial charge is 0.508 e. The summed E-state index contributed by atoms with van der Waals surface area (Å²) < 4.78 is 5.01. The maximum atomic E-state index is 12.3. The fraction of sp³-hybridized carbons (Fsp3) is 0.591. The van der Waals surface area contributed by atoms with Crippen LogP contribution in [0, 0.1) is 5.92 Å². The Morgan fingerprint density at radius 1 is 1.03 bits per heavy atom. The number of piperidine rings is 2. The molecule has 2 aliphatic rings. The summed E-state index contributed by atoms with van der Waals surface area (Å²) in [7, 11) is 0. The minimum atomic E-state index is -0.746. The summed E-state index contributed by atoms with van der Waals surface area (Å²) in [5.41, 5.74) is 11.8. The molecule has 0 saturated carbocycles. The van der Waals surface area contributed by atoms with Gasteiger partial charge in [-0.1, -0.05) is 6.07 Å².